The molecule has 8 bridgehead atoms. The van der Waals surface area contributed by atoms with Gasteiger partial charge in [-0.1, -0.05) is 52.5 Å². The van der Waals surface area contributed by atoms with Crippen molar-refractivity contribution in [2.45, 2.75) is 93.4 Å². The van der Waals surface area contributed by atoms with Gasteiger partial charge in [-0.25, -0.2) is 0 Å². The van der Waals surface area contributed by atoms with E-state index in [0.29, 0.717) is 25.7 Å². The van der Waals surface area contributed by atoms with Gasteiger partial charge in [0.25, 0.3) is 0 Å². The zero-order chi connectivity index (χ0) is 34.4. The quantitative estimate of drug-likeness (QED) is 0.125. The number of H-pyrrole nitrogens is 4. The van der Waals surface area contributed by atoms with Gasteiger partial charge in [0, 0.05) is 74.6 Å². The highest BCUT2D eigenvalue weighted by Gasteiger charge is 2.17. The van der Waals surface area contributed by atoms with Crippen molar-refractivity contribution in [1.82, 2.24) is 19.9 Å². The summed E-state index contributed by atoms with van der Waals surface area (Å²) in [6.07, 6.45) is 16.2. The largest absolute Gasteiger partial charge is 0.481 e. The molecule has 0 atom stereocenters. The van der Waals surface area contributed by atoms with Crippen LogP contribution in [0.5, 0.6) is 0 Å². The van der Waals surface area contributed by atoms with Crippen LogP contribution in [0.3, 0.4) is 0 Å². The van der Waals surface area contributed by atoms with Crippen molar-refractivity contribution in [3.05, 3.63) is 102 Å². The normalized spacial score (nSPS) is 11.7. The van der Waals surface area contributed by atoms with Crippen molar-refractivity contribution in [3.8, 4) is 0 Å². The maximum absolute atomic E-state index is 12.7. The van der Waals surface area contributed by atoms with E-state index in [9.17, 15) is 14.7 Å². The number of unbranched alkanes of at least 4 members (excludes halogenated alkanes) is 1. The molecule has 0 spiro atoms. The molecule has 0 unspecified atom stereocenters. The Morgan fingerprint density at radius 2 is 1.19 bits per heavy atom. The number of carbonyl (C=O) groups is 2. The monoisotopic (exact) mass is 634 g/mol. The minimum absolute atomic E-state index is 0.0268. The van der Waals surface area contributed by atoms with Crippen LogP contribution in [-0.2, 0) is 22.4 Å². The Morgan fingerprint density at radius 3 is 1.85 bits per heavy atom. The van der Waals surface area contributed by atoms with Crippen molar-refractivity contribution in [2.75, 3.05) is 0 Å². The molecule has 7 nitrogen and oxygen atoms in total. The Bertz CT molecular complexity index is 2070. The van der Waals surface area contributed by atoms with E-state index in [0.717, 1.165) is 102 Å². The molecule has 0 aromatic carbocycles. The Kier molecular flexibility index (Phi) is 11.3. The number of rotatable bonds is 11. The lowest BCUT2D eigenvalue weighted by Gasteiger charge is -2.03. The number of aromatic nitrogens is 4. The van der Waals surface area contributed by atoms with E-state index in [1.54, 1.807) is 0 Å². The van der Waals surface area contributed by atoms with Gasteiger partial charge in [-0.05, 0) is 105 Å². The van der Waals surface area contributed by atoms with Gasteiger partial charge in [0.2, 0.25) is 0 Å². The number of carboxylic acid groups (broad SMARTS) is 1. The fourth-order valence-electron chi connectivity index (χ4n) is 6.46. The van der Waals surface area contributed by atoms with E-state index in [1.165, 1.54) is 0 Å². The number of fused-ring (bicyclic) bond motifs is 8. The molecule has 0 aliphatic carbocycles. The molecule has 4 aromatic rings. The van der Waals surface area contributed by atoms with E-state index >= 15 is 0 Å². The molecular weight excluding hydrogens is 584 g/mol. The van der Waals surface area contributed by atoms with Gasteiger partial charge in [-0.2, -0.15) is 0 Å². The highest BCUT2D eigenvalue weighted by molar-refractivity contribution is 5.79. The Labute approximate surface area is 277 Å². The van der Waals surface area contributed by atoms with Crippen LogP contribution < -0.4 is 21.4 Å². The fourth-order valence-corrected chi connectivity index (χ4v) is 6.46. The standard InChI is InChI=1S/C38H44N4O3.C2H6/c1-8-11-12-25(43)13-14-28-23(6)31-17-30-21(4)26(9-2)34(39-30)18-32-22(5)27(10-3)35(40-32)19-33-24(7)29(15-16-38(44)45)37(42-33)20-36(28)41-31;1-2/h9-10,17-20,39-42H,2-3,8,11-16H2,1,4-7H3,(H,44,45);1-2H3. The van der Waals surface area contributed by atoms with Crippen LogP contribution in [0.25, 0.3) is 36.5 Å². The lowest BCUT2D eigenvalue weighted by atomic mass is 10.0. The van der Waals surface area contributed by atoms with Gasteiger partial charge in [0.05, 0.1) is 0 Å². The third kappa shape index (κ3) is 7.30. The molecule has 0 fully saturated rings. The third-order valence-electron chi connectivity index (χ3n) is 9.25. The van der Waals surface area contributed by atoms with E-state index < -0.39 is 5.97 Å². The lowest BCUT2D eigenvalue weighted by Crippen LogP contribution is -2.14. The second-order valence-corrected chi connectivity index (χ2v) is 12.1. The van der Waals surface area contributed by atoms with Crippen LogP contribution in [0, 0.1) is 27.7 Å². The van der Waals surface area contributed by atoms with Crippen LogP contribution in [0.1, 0.15) is 120 Å². The van der Waals surface area contributed by atoms with Gasteiger partial charge >= 0.3 is 5.97 Å². The highest BCUT2D eigenvalue weighted by Crippen LogP contribution is 2.23. The van der Waals surface area contributed by atoms with Crippen LogP contribution in [0.2, 0.25) is 0 Å². The van der Waals surface area contributed by atoms with Gasteiger partial charge < -0.3 is 25.0 Å². The van der Waals surface area contributed by atoms with Crippen molar-refractivity contribution >= 4 is 48.2 Å². The summed E-state index contributed by atoms with van der Waals surface area (Å²) in [5.41, 5.74) is 12.1. The van der Waals surface area contributed by atoms with Crippen LogP contribution in [0.15, 0.2) is 13.2 Å². The molecule has 7 heteroatoms. The minimum atomic E-state index is -0.835. The molecule has 5 N–H and O–H groups in total. The SMILES string of the molecule is C=Cc1c2[nH]c(c1C)C=c1[nH]c(c(CCC(=O)CCCC)c1C)=Cc1[nH]c(c(C)c1CCC(=O)O)C=c1[nH]c(c(C)c1C=C)=C2.CC. The first-order valence-corrected chi connectivity index (χ1v) is 16.8. The summed E-state index contributed by atoms with van der Waals surface area (Å²) in [6.45, 7) is 22.6. The van der Waals surface area contributed by atoms with Crippen molar-refractivity contribution in [2.24, 2.45) is 0 Å². The van der Waals surface area contributed by atoms with Crippen molar-refractivity contribution < 1.29 is 14.7 Å². The van der Waals surface area contributed by atoms with Crippen LogP contribution >= 0.6 is 0 Å². The summed E-state index contributed by atoms with van der Waals surface area (Å²) in [7, 11) is 0. The molecule has 4 aromatic heterocycles. The average Bonchev–Trinajstić information content (AvgIpc) is 3.71. The molecule has 0 saturated carbocycles. The molecule has 5 rings (SSSR count). The molecule has 248 valence electrons. The van der Waals surface area contributed by atoms with Crippen molar-refractivity contribution in [1.29, 1.82) is 0 Å². The first-order chi connectivity index (χ1) is 22.6. The summed E-state index contributed by atoms with van der Waals surface area (Å²) in [4.78, 5) is 38.9. The summed E-state index contributed by atoms with van der Waals surface area (Å²) >= 11 is 0. The number of aromatic amines is 4. The maximum atomic E-state index is 12.7. The van der Waals surface area contributed by atoms with Gasteiger partial charge in [-0.3, -0.25) is 9.59 Å². The number of ketones is 1. The zero-order valence-corrected chi connectivity index (χ0v) is 29.1. The Morgan fingerprint density at radius 1 is 0.638 bits per heavy atom. The third-order valence-corrected chi connectivity index (χ3v) is 9.25. The summed E-state index contributed by atoms with van der Waals surface area (Å²) in [5.74, 6) is -0.561. The molecule has 0 saturated heterocycles. The van der Waals surface area contributed by atoms with E-state index in [2.05, 4.69) is 85.1 Å². The number of Topliss-reactive ketones (excluding diaryl/α,β-unsaturated/α-hetero) is 1. The Balaban J connectivity index is 0.00000245. The predicted octanol–water partition coefficient (Wildman–Crippen LogP) is 5.88. The average molecular weight is 635 g/mol. The fraction of sp³-hybridized carbons (Fsp3) is 0.350. The summed E-state index contributed by atoms with van der Waals surface area (Å²) < 4.78 is 0. The molecule has 47 heavy (non-hydrogen) atoms. The molecule has 0 radical (unpaired) electrons. The molecular formula is C40H50N4O3. The summed E-state index contributed by atoms with van der Waals surface area (Å²) in [5, 5.41) is 13.3. The number of hydrogen-bond acceptors (Lipinski definition) is 2. The first-order valence-electron chi connectivity index (χ1n) is 16.8. The van der Waals surface area contributed by atoms with E-state index in [1.807, 2.05) is 32.9 Å². The second-order valence-electron chi connectivity index (χ2n) is 12.1. The van der Waals surface area contributed by atoms with Gasteiger partial charge in [0.15, 0.2) is 0 Å². The summed E-state index contributed by atoms with van der Waals surface area (Å²) in [6, 6.07) is 0. The topological polar surface area (TPSA) is 118 Å². The second kappa shape index (κ2) is 15.2. The zero-order valence-electron chi connectivity index (χ0n) is 29.1. The van der Waals surface area contributed by atoms with Gasteiger partial charge in [-0.15, -0.1) is 0 Å². The lowest BCUT2D eigenvalue weighted by molar-refractivity contribution is -0.137. The number of aliphatic carboxylic acids is 1. The minimum Gasteiger partial charge on any atom is -0.481 e. The molecule has 1 aliphatic rings. The maximum Gasteiger partial charge on any atom is 0.303 e. The number of hydrogen-bond donors (Lipinski definition) is 5. The molecule has 1 aliphatic heterocycles. The number of carbonyl (C=O) groups excluding carboxylic acids is 1. The van der Waals surface area contributed by atoms with Gasteiger partial charge in [0.1, 0.15) is 5.78 Å². The molecule has 0 amide bonds. The molecule has 5 heterocycles. The first kappa shape index (κ1) is 35.1. The van der Waals surface area contributed by atoms with Crippen LogP contribution in [-0.4, -0.2) is 36.8 Å². The number of nitrogens with one attached hydrogen (secondary N) is 4. The predicted molar refractivity (Wildman–Crippen MR) is 195 cm³/mol. The smallest absolute Gasteiger partial charge is 0.303 e. The van der Waals surface area contributed by atoms with Crippen LogP contribution in [0.4, 0.5) is 0 Å². The van der Waals surface area contributed by atoms with E-state index in [-0.39, 0.29) is 12.2 Å². The highest BCUT2D eigenvalue weighted by atomic mass is 16.4. The number of carboxylic acids is 1. The van der Waals surface area contributed by atoms with E-state index in [4.69, 9.17) is 0 Å². The Hall–Kier alpha value is -4.78. The van der Waals surface area contributed by atoms with Crippen molar-refractivity contribution in [3.63, 3.8) is 0 Å².